The number of amides is 1. The summed E-state index contributed by atoms with van der Waals surface area (Å²) in [5.41, 5.74) is 8.18. The number of esters is 1. The van der Waals surface area contributed by atoms with Crippen molar-refractivity contribution in [2.75, 3.05) is 12.4 Å². The van der Waals surface area contributed by atoms with Crippen molar-refractivity contribution in [3.05, 3.63) is 93.5 Å². The Labute approximate surface area is 172 Å². The van der Waals surface area contributed by atoms with Crippen LogP contribution in [0.4, 0.5) is 11.4 Å². The molecular weight excluding hydrogens is 386 g/mol. The number of nitro groups is 1. The minimum atomic E-state index is -0.667. The molecule has 3 aromatic rings. The van der Waals surface area contributed by atoms with Crippen molar-refractivity contribution in [1.82, 2.24) is 0 Å². The number of ether oxygens (including phenoxy) is 1. The molecule has 3 N–H and O–H groups in total. The highest BCUT2D eigenvalue weighted by molar-refractivity contribution is 6.00. The second kappa shape index (κ2) is 8.87. The maximum Gasteiger partial charge on any atom is 0.340 e. The number of rotatable bonds is 7. The zero-order valence-corrected chi connectivity index (χ0v) is 16.1. The van der Waals surface area contributed by atoms with Gasteiger partial charge in [0.1, 0.15) is 5.69 Å². The molecule has 0 spiro atoms. The molecule has 8 nitrogen and oxygen atoms in total. The number of para-hydroxylation sites is 1. The number of carbonyl (C=O) groups is 2. The fourth-order valence-corrected chi connectivity index (χ4v) is 3.10. The first-order chi connectivity index (χ1) is 14.4. The van der Waals surface area contributed by atoms with Crippen molar-refractivity contribution >= 4 is 23.3 Å². The van der Waals surface area contributed by atoms with Gasteiger partial charge in [0, 0.05) is 18.2 Å². The van der Waals surface area contributed by atoms with Crippen LogP contribution in [0.3, 0.4) is 0 Å². The van der Waals surface area contributed by atoms with E-state index in [1.807, 2.05) is 36.4 Å². The number of benzene rings is 3. The predicted octanol–water partition coefficient (Wildman–Crippen LogP) is 3.76. The fourth-order valence-electron chi connectivity index (χ4n) is 3.10. The molecule has 0 radical (unpaired) electrons. The molecule has 0 atom stereocenters. The van der Waals surface area contributed by atoms with Crippen molar-refractivity contribution in [2.45, 2.75) is 6.54 Å². The van der Waals surface area contributed by atoms with Gasteiger partial charge in [-0.3, -0.25) is 14.9 Å². The summed E-state index contributed by atoms with van der Waals surface area (Å²) in [6, 6.07) is 18.6. The molecule has 0 aliphatic heterocycles. The smallest absolute Gasteiger partial charge is 0.340 e. The van der Waals surface area contributed by atoms with Crippen LogP contribution in [0.5, 0.6) is 0 Å². The highest BCUT2D eigenvalue weighted by atomic mass is 16.6. The molecule has 152 valence electrons. The molecule has 0 aromatic heterocycles. The van der Waals surface area contributed by atoms with Crippen LogP contribution in [0.1, 0.15) is 26.3 Å². The molecule has 3 rings (SSSR count). The van der Waals surface area contributed by atoms with Gasteiger partial charge in [0.2, 0.25) is 5.91 Å². The lowest BCUT2D eigenvalue weighted by atomic mass is 9.98. The van der Waals surface area contributed by atoms with Gasteiger partial charge in [0.25, 0.3) is 5.69 Å². The first-order valence-electron chi connectivity index (χ1n) is 9.00. The van der Waals surface area contributed by atoms with Gasteiger partial charge in [-0.15, -0.1) is 0 Å². The molecule has 0 unspecified atom stereocenters. The van der Waals surface area contributed by atoms with Crippen LogP contribution in [0.2, 0.25) is 0 Å². The molecule has 0 aliphatic rings. The van der Waals surface area contributed by atoms with Crippen LogP contribution in [-0.4, -0.2) is 23.9 Å². The largest absolute Gasteiger partial charge is 0.465 e. The van der Waals surface area contributed by atoms with Gasteiger partial charge >= 0.3 is 5.97 Å². The summed E-state index contributed by atoms with van der Waals surface area (Å²) in [7, 11) is 1.22. The van der Waals surface area contributed by atoms with Crippen LogP contribution in [0.15, 0.2) is 66.7 Å². The number of nitrogens with two attached hydrogens (primary N) is 1. The predicted molar refractivity (Wildman–Crippen MR) is 112 cm³/mol. The number of nitro benzene ring substituents is 1. The Kier molecular flexibility index (Phi) is 6.07. The summed E-state index contributed by atoms with van der Waals surface area (Å²) >= 11 is 0. The van der Waals surface area contributed by atoms with Gasteiger partial charge in [-0.25, -0.2) is 4.79 Å². The molecule has 8 heteroatoms. The van der Waals surface area contributed by atoms with E-state index < -0.39 is 16.8 Å². The standard InChI is InChI=1S/C22H19N3O5/c1-30-22(27)18-7-4-8-19(25(28)29)20(18)24-13-14-9-11-15(12-10-14)16-5-2-3-6-17(16)21(23)26/h2-12,24H,13H2,1H3,(H2,23,26). The van der Waals surface area contributed by atoms with Crippen LogP contribution < -0.4 is 11.1 Å². The third-order valence-electron chi connectivity index (χ3n) is 4.57. The van der Waals surface area contributed by atoms with Crippen molar-refractivity contribution in [3.63, 3.8) is 0 Å². The minimum Gasteiger partial charge on any atom is -0.465 e. The number of nitrogens with zero attached hydrogens (tertiary/aromatic N) is 1. The molecule has 0 aliphatic carbocycles. The van der Waals surface area contributed by atoms with Crippen molar-refractivity contribution in [3.8, 4) is 11.1 Å². The molecule has 0 heterocycles. The second-order valence-electron chi connectivity index (χ2n) is 6.41. The van der Waals surface area contributed by atoms with E-state index >= 15 is 0 Å². The number of anilines is 1. The SMILES string of the molecule is COC(=O)c1cccc([N+](=O)[O-])c1NCc1ccc(-c2ccccc2C(N)=O)cc1. The zero-order valence-electron chi connectivity index (χ0n) is 16.1. The van der Waals surface area contributed by atoms with E-state index in [9.17, 15) is 19.7 Å². The summed E-state index contributed by atoms with van der Waals surface area (Å²) in [6.45, 7) is 0.243. The van der Waals surface area contributed by atoms with Crippen LogP contribution in [0.25, 0.3) is 11.1 Å². The summed E-state index contributed by atoms with van der Waals surface area (Å²) in [6.07, 6.45) is 0. The number of primary amides is 1. The van der Waals surface area contributed by atoms with Gasteiger partial charge in [-0.2, -0.15) is 0 Å². The Hall–Kier alpha value is -4.20. The van der Waals surface area contributed by atoms with E-state index in [0.29, 0.717) is 5.56 Å². The fraction of sp³-hybridized carbons (Fsp3) is 0.0909. The maximum atomic E-state index is 12.0. The number of carbonyl (C=O) groups excluding carboxylic acids is 2. The third kappa shape index (κ3) is 4.27. The molecular formula is C22H19N3O5. The lowest BCUT2D eigenvalue weighted by Gasteiger charge is -2.12. The Bertz CT molecular complexity index is 1110. The molecule has 30 heavy (non-hydrogen) atoms. The lowest BCUT2D eigenvalue weighted by Crippen LogP contribution is -2.12. The van der Waals surface area contributed by atoms with Gasteiger partial charge in [0.15, 0.2) is 0 Å². The van der Waals surface area contributed by atoms with E-state index in [-0.39, 0.29) is 23.5 Å². The van der Waals surface area contributed by atoms with Gasteiger partial charge in [-0.05, 0) is 28.8 Å². The monoisotopic (exact) mass is 405 g/mol. The second-order valence-corrected chi connectivity index (χ2v) is 6.41. The minimum absolute atomic E-state index is 0.0821. The average molecular weight is 405 g/mol. The Morgan fingerprint density at radius 2 is 1.67 bits per heavy atom. The Balaban J connectivity index is 1.85. The lowest BCUT2D eigenvalue weighted by molar-refractivity contribution is -0.384. The molecule has 0 bridgehead atoms. The molecule has 0 saturated carbocycles. The van der Waals surface area contributed by atoms with Gasteiger partial charge in [-0.1, -0.05) is 48.5 Å². The average Bonchev–Trinajstić information content (AvgIpc) is 2.77. The summed E-state index contributed by atoms with van der Waals surface area (Å²) in [5, 5.41) is 14.3. The van der Waals surface area contributed by atoms with Crippen molar-refractivity contribution in [2.24, 2.45) is 5.73 Å². The topological polar surface area (TPSA) is 125 Å². The summed E-state index contributed by atoms with van der Waals surface area (Å²) < 4.78 is 4.72. The summed E-state index contributed by atoms with van der Waals surface area (Å²) in [5.74, 6) is -1.18. The number of methoxy groups -OCH3 is 1. The Morgan fingerprint density at radius 3 is 2.30 bits per heavy atom. The van der Waals surface area contributed by atoms with Crippen LogP contribution in [0, 0.1) is 10.1 Å². The highest BCUT2D eigenvalue weighted by Gasteiger charge is 2.22. The number of nitrogens with one attached hydrogen (secondary N) is 1. The maximum absolute atomic E-state index is 12.0. The molecule has 1 amide bonds. The molecule has 0 saturated heterocycles. The van der Waals surface area contributed by atoms with Crippen molar-refractivity contribution < 1.29 is 19.2 Å². The first-order valence-corrected chi connectivity index (χ1v) is 9.00. The zero-order chi connectivity index (χ0) is 21.7. The third-order valence-corrected chi connectivity index (χ3v) is 4.57. The van der Waals surface area contributed by atoms with E-state index in [1.54, 1.807) is 12.1 Å². The highest BCUT2D eigenvalue weighted by Crippen LogP contribution is 2.30. The summed E-state index contributed by atoms with van der Waals surface area (Å²) in [4.78, 5) is 34.4. The van der Waals surface area contributed by atoms with E-state index in [0.717, 1.165) is 16.7 Å². The van der Waals surface area contributed by atoms with Crippen LogP contribution >= 0.6 is 0 Å². The van der Waals surface area contributed by atoms with E-state index in [1.165, 1.54) is 25.3 Å². The van der Waals surface area contributed by atoms with Gasteiger partial charge in [0.05, 0.1) is 17.6 Å². The normalized spacial score (nSPS) is 10.3. The van der Waals surface area contributed by atoms with Crippen LogP contribution in [-0.2, 0) is 11.3 Å². The first kappa shape index (κ1) is 20.5. The molecule has 3 aromatic carbocycles. The Morgan fingerprint density at radius 1 is 1.00 bits per heavy atom. The number of hydrogen-bond acceptors (Lipinski definition) is 6. The van der Waals surface area contributed by atoms with E-state index in [2.05, 4.69) is 5.32 Å². The quantitative estimate of drug-likeness (QED) is 0.350. The van der Waals surface area contributed by atoms with Crippen molar-refractivity contribution in [1.29, 1.82) is 0 Å². The number of hydrogen-bond donors (Lipinski definition) is 2. The van der Waals surface area contributed by atoms with E-state index in [4.69, 9.17) is 10.5 Å². The van der Waals surface area contributed by atoms with Gasteiger partial charge < -0.3 is 15.8 Å². The molecule has 0 fully saturated rings.